The van der Waals surface area contributed by atoms with Gasteiger partial charge in [0.05, 0.1) is 39.6 Å². The van der Waals surface area contributed by atoms with Gasteiger partial charge in [0.2, 0.25) is 11.8 Å². The van der Waals surface area contributed by atoms with Crippen LogP contribution in [0.3, 0.4) is 0 Å². The fourth-order valence-corrected chi connectivity index (χ4v) is 7.66. The molecule has 1 aromatic heterocycles. The number of hydrogen-bond donors (Lipinski definition) is 0. The Balaban J connectivity index is 1.88. The maximum absolute atomic E-state index is 15.4. The van der Waals surface area contributed by atoms with Crippen LogP contribution in [0.25, 0.3) is 0 Å². The van der Waals surface area contributed by atoms with E-state index in [-0.39, 0.29) is 33.5 Å². The summed E-state index contributed by atoms with van der Waals surface area (Å²) in [6.45, 7) is -1.06. The quantitative estimate of drug-likeness (QED) is 0.361. The minimum atomic E-state index is -4.80. The number of anilines is 1. The van der Waals surface area contributed by atoms with Crippen LogP contribution >= 0.6 is 11.6 Å². The van der Waals surface area contributed by atoms with Crippen molar-refractivity contribution in [2.45, 2.75) is 28.8 Å². The van der Waals surface area contributed by atoms with Gasteiger partial charge < -0.3 is 19.1 Å². The van der Waals surface area contributed by atoms with E-state index in [0.29, 0.717) is 10.1 Å². The number of likely N-dealkylation sites (tertiary alicyclic amines) is 1. The van der Waals surface area contributed by atoms with Gasteiger partial charge in [-0.2, -0.15) is 0 Å². The van der Waals surface area contributed by atoms with Gasteiger partial charge in [-0.15, -0.1) is 0 Å². The Hall–Kier alpha value is -4.01. The molecule has 2 amide bonds. The summed E-state index contributed by atoms with van der Waals surface area (Å²) in [7, 11) is 1.92. The van der Waals surface area contributed by atoms with Crippen LogP contribution in [0.5, 0.6) is 17.4 Å². The molecule has 5 rings (SSSR count). The summed E-state index contributed by atoms with van der Waals surface area (Å²) < 4.78 is 76.3. The summed E-state index contributed by atoms with van der Waals surface area (Å²) in [5.41, 5.74) is -2.60. The lowest BCUT2D eigenvalue weighted by Gasteiger charge is -2.41. The molecule has 3 aromatic rings. The molecule has 0 aliphatic carbocycles. The summed E-state index contributed by atoms with van der Waals surface area (Å²) in [6.07, 6.45) is 0.447. The second-order valence-corrected chi connectivity index (χ2v) is 12.7. The minimum absolute atomic E-state index is 0.0494. The van der Waals surface area contributed by atoms with Crippen LogP contribution in [0, 0.1) is 0 Å². The first-order chi connectivity index (χ1) is 20.7. The van der Waals surface area contributed by atoms with Crippen molar-refractivity contribution in [2.24, 2.45) is 0 Å². The second-order valence-electron chi connectivity index (χ2n) is 10.5. The van der Waals surface area contributed by atoms with Crippen LogP contribution in [0.2, 0.25) is 5.02 Å². The standard InChI is InChI=1S/C29H29ClF2N4O7S/c1-34(2)26(37)22-15-28(31,32)16-35(22)29(19-7-6-12-33-25(19)43-5)20-13-17(30)8-10-21(20)36(27(29)38)44(39,40)24-11-9-18(41-3)14-23(24)42-4/h6-14,22H,15-16H2,1-5H3/t22-,29?/m0/s1. The molecule has 1 saturated heterocycles. The maximum atomic E-state index is 15.4. The second kappa shape index (κ2) is 11.2. The highest BCUT2D eigenvalue weighted by molar-refractivity contribution is 7.93. The number of rotatable bonds is 8. The predicted octanol–water partition coefficient (Wildman–Crippen LogP) is 3.54. The zero-order valence-electron chi connectivity index (χ0n) is 24.4. The van der Waals surface area contributed by atoms with Gasteiger partial charge in [-0.25, -0.2) is 26.5 Å². The maximum Gasteiger partial charge on any atom is 0.274 e. The number of carbonyl (C=O) groups is 2. The minimum Gasteiger partial charge on any atom is -0.497 e. The number of amides is 2. The number of ether oxygens (including phenoxy) is 3. The van der Waals surface area contributed by atoms with Crippen LogP contribution in [-0.4, -0.2) is 88.9 Å². The molecule has 2 atom stereocenters. The molecule has 234 valence electrons. The van der Waals surface area contributed by atoms with Crippen molar-refractivity contribution >= 4 is 39.1 Å². The third-order valence-electron chi connectivity index (χ3n) is 7.73. The van der Waals surface area contributed by atoms with Crippen molar-refractivity contribution in [3.63, 3.8) is 0 Å². The Morgan fingerprint density at radius 1 is 1.05 bits per heavy atom. The highest BCUT2D eigenvalue weighted by Crippen LogP contribution is 2.56. The Bertz CT molecular complexity index is 1760. The summed E-state index contributed by atoms with van der Waals surface area (Å²) in [5.74, 6) is -5.27. The van der Waals surface area contributed by atoms with Crippen LogP contribution in [0.15, 0.2) is 59.6 Å². The van der Waals surface area contributed by atoms with E-state index in [1.807, 2.05) is 0 Å². The molecule has 2 aromatic carbocycles. The number of likely N-dealkylation sites (N-methyl/N-ethyl adjacent to an activating group) is 1. The third kappa shape index (κ3) is 4.72. The smallest absolute Gasteiger partial charge is 0.274 e. The van der Waals surface area contributed by atoms with Crippen molar-refractivity contribution < 1.29 is 41.0 Å². The van der Waals surface area contributed by atoms with Gasteiger partial charge in [0, 0.05) is 48.9 Å². The van der Waals surface area contributed by atoms with E-state index in [1.165, 1.54) is 90.2 Å². The average Bonchev–Trinajstić information content (AvgIpc) is 3.46. The van der Waals surface area contributed by atoms with E-state index < -0.39 is 57.2 Å². The molecule has 44 heavy (non-hydrogen) atoms. The first kappa shape index (κ1) is 31.4. The van der Waals surface area contributed by atoms with Gasteiger partial charge in [0.15, 0.2) is 5.54 Å². The molecular formula is C29H29ClF2N4O7S. The summed E-state index contributed by atoms with van der Waals surface area (Å²) in [6, 6.07) is 9.27. The lowest BCUT2D eigenvalue weighted by atomic mass is 9.81. The van der Waals surface area contributed by atoms with Crippen molar-refractivity contribution in [1.82, 2.24) is 14.8 Å². The molecule has 0 saturated carbocycles. The fourth-order valence-electron chi connectivity index (χ4n) is 5.88. The van der Waals surface area contributed by atoms with Crippen LogP contribution in [0.1, 0.15) is 17.5 Å². The molecule has 15 heteroatoms. The van der Waals surface area contributed by atoms with Gasteiger partial charge in [0.25, 0.3) is 21.9 Å². The lowest BCUT2D eigenvalue weighted by Crippen LogP contribution is -2.59. The Morgan fingerprint density at radius 3 is 2.41 bits per heavy atom. The third-order valence-corrected chi connectivity index (χ3v) is 9.70. The van der Waals surface area contributed by atoms with Crippen molar-refractivity contribution in [1.29, 1.82) is 0 Å². The van der Waals surface area contributed by atoms with E-state index >= 15 is 13.6 Å². The average molecular weight is 651 g/mol. The van der Waals surface area contributed by atoms with Crippen molar-refractivity contribution in [2.75, 3.05) is 46.3 Å². The van der Waals surface area contributed by atoms with E-state index in [9.17, 15) is 13.2 Å². The van der Waals surface area contributed by atoms with Crippen molar-refractivity contribution in [3.8, 4) is 17.4 Å². The zero-order chi connectivity index (χ0) is 32.2. The largest absolute Gasteiger partial charge is 0.497 e. The highest BCUT2D eigenvalue weighted by atomic mass is 35.5. The predicted molar refractivity (Wildman–Crippen MR) is 156 cm³/mol. The van der Waals surface area contributed by atoms with Crippen LogP contribution in [-0.2, 0) is 25.2 Å². The van der Waals surface area contributed by atoms with Gasteiger partial charge in [-0.1, -0.05) is 11.6 Å². The molecule has 1 unspecified atom stereocenters. The number of fused-ring (bicyclic) bond motifs is 1. The number of nitrogens with zero attached hydrogens (tertiary/aromatic N) is 4. The lowest BCUT2D eigenvalue weighted by molar-refractivity contribution is -0.138. The van der Waals surface area contributed by atoms with E-state index in [0.717, 1.165) is 9.80 Å². The molecule has 0 radical (unpaired) electrons. The van der Waals surface area contributed by atoms with Crippen LogP contribution in [0.4, 0.5) is 14.5 Å². The Morgan fingerprint density at radius 2 is 1.77 bits per heavy atom. The number of hydrogen-bond acceptors (Lipinski definition) is 9. The van der Waals surface area contributed by atoms with E-state index in [4.69, 9.17) is 25.8 Å². The number of methoxy groups -OCH3 is 3. The first-order valence-electron chi connectivity index (χ1n) is 13.2. The zero-order valence-corrected chi connectivity index (χ0v) is 25.9. The van der Waals surface area contributed by atoms with Crippen molar-refractivity contribution in [3.05, 3.63) is 70.9 Å². The van der Waals surface area contributed by atoms with Gasteiger partial charge in [-0.3, -0.25) is 14.5 Å². The number of alkyl halides is 2. The normalized spacial score (nSPS) is 21.2. The fraction of sp³-hybridized carbons (Fsp3) is 0.345. The van der Waals surface area contributed by atoms with E-state index in [1.54, 1.807) is 0 Å². The monoisotopic (exact) mass is 650 g/mol. The molecular weight excluding hydrogens is 622 g/mol. The van der Waals surface area contributed by atoms with Crippen LogP contribution < -0.4 is 18.5 Å². The summed E-state index contributed by atoms with van der Waals surface area (Å²) in [5, 5.41) is 0.0894. The number of carbonyl (C=O) groups excluding carboxylic acids is 2. The number of benzene rings is 2. The Labute approximate surface area is 257 Å². The molecule has 0 spiro atoms. The number of pyridine rings is 1. The molecule has 0 bridgehead atoms. The summed E-state index contributed by atoms with van der Waals surface area (Å²) in [4.78, 5) is 34.5. The summed E-state index contributed by atoms with van der Waals surface area (Å²) >= 11 is 6.43. The van der Waals surface area contributed by atoms with Gasteiger partial charge in [-0.05, 0) is 42.5 Å². The molecule has 2 aliphatic rings. The van der Waals surface area contributed by atoms with Gasteiger partial charge >= 0.3 is 0 Å². The molecule has 0 N–H and O–H groups in total. The number of sulfonamides is 1. The molecule has 1 fully saturated rings. The highest BCUT2D eigenvalue weighted by Gasteiger charge is 2.66. The number of halogens is 3. The molecule has 3 heterocycles. The Kier molecular flexibility index (Phi) is 7.97. The first-order valence-corrected chi connectivity index (χ1v) is 15.0. The molecule has 11 nitrogen and oxygen atoms in total. The van der Waals surface area contributed by atoms with Gasteiger partial charge in [0.1, 0.15) is 16.4 Å². The number of aromatic nitrogens is 1. The topological polar surface area (TPSA) is 119 Å². The SMILES string of the molecule is COc1ccc(S(=O)(=O)N2C(=O)C(c3cccnc3OC)(N3CC(F)(F)C[C@H]3C(=O)N(C)C)c3cc(Cl)ccc32)c(OC)c1. The molecule has 2 aliphatic heterocycles. The van der Waals surface area contributed by atoms with E-state index in [2.05, 4.69) is 4.98 Å².